The number of nitrogens with zero attached hydrogens (tertiary/aromatic N) is 1. The SMILES string of the molecule is CCOC(=O)[C@H](CSCc1ccc(C)cc1)N[C@H](C)C(=O)N1[C@@H]2CCCC[C@@H]2C[C@H]1C(=O)O. The molecule has 1 saturated carbocycles. The van der Waals surface area contributed by atoms with E-state index < -0.39 is 24.1 Å². The van der Waals surface area contributed by atoms with E-state index >= 15 is 0 Å². The molecule has 2 N–H and O–H groups in total. The number of fused-ring (bicyclic) bond motifs is 1. The summed E-state index contributed by atoms with van der Waals surface area (Å²) in [6.45, 7) is 5.78. The third-order valence-corrected chi connectivity index (χ3v) is 7.80. The number of hydrogen-bond acceptors (Lipinski definition) is 6. The number of carboxylic acid groups (broad SMARTS) is 1. The molecule has 0 bridgehead atoms. The van der Waals surface area contributed by atoms with Crippen LogP contribution in [0.5, 0.6) is 0 Å². The average Bonchev–Trinajstić information content (AvgIpc) is 3.19. The molecule has 3 rings (SSSR count). The van der Waals surface area contributed by atoms with Crippen LogP contribution in [0.3, 0.4) is 0 Å². The molecule has 1 amide bonds. The minimum Gasteiger partial charge on any atom is -0.480 e. The lowest BCUT2D eigenvalue weighted by Crippen LogP contribution is -2.56. The first-order valence-corrected chi connectivity index (χ1v) is 13.1. The maximum absolute atomic E-state index is 13.4. The number of amides is 1. The fraction of sp³-hybridized carbons (Fsp3) is 0.640. The fourth-order valence-electron chi connectivity index (χ4n) is 5.00. The molecular weight excluding hydrogens is 440 g/mol. The van der Waals surface area contributed by atoms with Gasteiger partial charge in [0.25, 0.3) is 0 Å². The molecule has 2 aliphatic rings. The van der Waals surface area contributed by atoms with E-state index in [1.807, 2.05) is 6.92 Å². The number of esters is 1. The third-order valence-electron chi connectivity index (χ3n) is 6.69. The number of aliphatic carboxylic acids is 1. The van der Waals surface area contributed by atoms with Crippen molar-refractivity contribution in [3.05, 3.63) is 35.4 Å². The topological polar surface area (TPSA) is 95.9 Å². The van der Waals surface area contributed by atoms with Crippen molar-refractivity contribution in [1.29, 1.82) is 0 Å². The third kappa shape index (κ3) is 6.51. The second kappa shape index (κ2) is 11.9. The highest BCUT2D eigenvalue weighted by Crippen LogP contribution is 2.40. The monoisotopic (exact) mass is 476 g/mol. The van der Waals surface area contributed by atoms with Gasteiger partial charge in [-0.15, -0.1) is 0 Å². The Kier molecular flexibility index (Phi) is 9.20. The summed E-state index contributed by atoms with van der Waals surface area (Å²) in [7, 11) is 0. The maximum Gasteiger partial charge on any atom is 0.326 e. The molecule has 8 heteroatoms. The highest BCUT2D eigenvalue weighted by molar-refractivity contribution is 7.98. The van der Waals surface area contributed by atoms with Gasteiger partial charge in [0.05, 0.1) is 12.6 Å². The number of carbonyl (C=O) groups is 3. The molecule has 0 unspecified atom stereocenters. The summed E-state index contributed by atoms with van der Waals surface area (Å²) in [5.74, 6) is -0.118. The highest BCUT2D eigenvalue weighted by Gasteiger charge is 2.48. The Balaban J connectivity index is 1.65. The Morgan fingerprint density at radius 3 is 2.58 bits per heavy atom. The molecule has 1 aromatic rings. The second-order valence-corrected chi connectivity index (χ2v) is 10.2. The van der Waals surface area contributed by atoms with Gasteiger partial charge in [-0.05, 0) is 51.5 Å². The molecule has 0 aromatic heterocycles. The van der Waals surface area contributed by atoms with Crippen molar-refractivity contribution >= 4 is 29.6 Å². The molecule has 1 aliphatic carbocycles. The van der Waals surface area contributed by atoms with E-state index in [4.69, 9.17) is 4.74 Å². The minimum absolute atomic E-state index is 0.0199. The van der Waals surface area contributed by atoms with Crippen molar-refractivity contribution in [1.82, 2.24) is 10.2 Å². The molecular formula is C25H36N2O5S. The zero-order chi connectivity index (χ0) is 24.0. The summed E-state index contributed by atoms with van der Waals surface area (Å²) in [5, 5.41) is 12.9. The number of benzene rings is 1. The van der Waals surface area contributed by atoms with Crippen LogP contribution in [0.1, 0.15) is 57.1 Å². The average molecular weight is 477 g/mol. The predicted octanol–water partition coefficient (Wildman–Crippen LogP) is 3.38. The van der Waals surface area contributed by atoms with E-state index in [0.29, 0.717) is 12.2 Å². The Morgan fingerprint density at radius 1 is 1.21 bits per heavy atom. The smallest absolute Gasteiger partial charge is 0.326 e. The first kappa shape index (κ1) is 25.6. The van der Waals surface area contributed by atoms with Crippen LogP contribution in [0.2, 0.25) is 0 Å². The van der Waals surface area contributed by atoms with Crippen molar-refractivity contribution in [2.24, 2.45) is 5.92 Å². The zero-order valence-electron chi connectivity index (χ0n) is 19.8. The number of thioether (sulfide) groups is 1. The van der Waals surface area contributed by atoms with Gasteiger partial charge in [0.2, 0.25) is 5.91 Å². The first-order chi connectivity index (χ1) is 15.8. The summed E-state index contributed by atoms with van der Waals surface area (Å²) in [4.78, 5) is 39.5. The highest BCUT2D eigenvalue weighted by atomic mass is 32.2. The van der Waals surface area contributed by atoms with Crippen molar-refractivity contribution in [3.63, 3.8) is 0 Å². The van der Waals surface area contributed by atoms with Crippen molar-refractivity contribution in [2.45, 2.75) is 82.8 Å². The van der Waals surface area contributed by atoms with Crippen molar-refractivity contribution < 1.29 is 24.2 Å². The molecule has 7 nitrogen and oxygen atoms in total. The van der Waals surface area contributed by atoms with Crippen LogP contribution in [0, 0.1) is 12.8 Å². The molecule has 5 atom stereocenters. The van der Waals surface area contributed by atoms with Gasteiger partial charge in [0.1, 0.15) is 12.1 Å². The standard InChI is InChI=1S/C25H36N2O5S/c1-4-32-25(31)20(15-33-14-18-11-9-16(2)10-12-18)26-17(3)23(28)27-21-8-6-5-7-19(21)13-22(27)24(29)30/h9-12,17,19-22,26H,4-8,13-15H2,1-3H3,(H,29,30)/t17-,19-,20+,21-,22+/m1/s1. The van der Waals surface area contributed by atoms with Crippen molar-refractivity contribution in [3.8, 4) is 0 Å². The quantitative estimate of drug-likeness (QED) is 0.500. The number of hydrogen-bond donors (Lipinski definition) is 2. The number of ether oxygens (including phenoxy) is 1. The lowest BCUT2D eigenvalue weighted by Gasteiger charge is -2.35. The molecule has 1 aliphatic heterocycles. The Hall–Kier alpha value is -2.06. The number of carbonyl (C=O) groups excluding carboxylic acids is 2. The van der Waals surface area contributed by atoms with Gasteiger partial charge in [0, 0.05) is 17.5 Å². The normalized spacial score (nSPS) is 24.1. The van der Waals surface area contributed by atoms with E-state index in [1.54, 1.807) is 30.5 Å². The van der Waals surface area contributed by atoms with Crippen LogP contribution in [0.25, 0.3) is 0 Å². The van der Waals surface area contributed by atoms with Gasteiger partial charge >= 0.3 is 11.9 Å². The second-order valence-electron chi connectivity index (χ2n) is 9.14. The summed E-state index contributed by atoms with van der Waals surface area (Å²) < 4.78 is 5.24. The van der Waals surface area contributed by atoms with Gasteiger partial charge in [-0.2, -0.15) is 11.8 Å². The van der Waals surface area contributed by atoms with E-state index in [9.17, 15) is 19.5 Å². The molecule has 182 valence electrons. The van der Waals surface area contributed by atoms with Gasteiger partial charge < -0.3 is 14.7 Å². The summed E-state index contributed by atoms with van der Waals surface area (Å²) >= 11 is 1.60. The summed E-state index contributed by atoms with van der Waals surface area (Å²) in [6.07, 6.45) is 4.45. The van der Waals surface area contributed by atoms with Crippen LogP contribution >= 0.6 is 11.8 Å². The lowest BCUT2D eigenvalue weighted by molar-refractivity contribution is -0.151. The molecule has 1 aromatic carbocycles. The van der Waals surface area contributed by atoms with Crippen LogP contribution in [0.15, 0.2) is 24.3 Å². The number of carboxylic acids is 1. The number of aryl methyl sites for hydroxylation is 1. The van der Waals surface area contributed by atoms with Crippen molar-refractivity contribution in [2.75, 3.05) is 12.4 Å². The van der Waals surface area contributed by atoms with Gasteiger partial charge in [-0.3, -0.25) is 14.9 Å². The molecule has 2 fully saturated rings. The van der Waals surface area contributed by atoms with Crippen LogP contribution in [0.4, 0.5) is 0 Å². The molecule has 1 saturated heterocycles. The van der Waals surface area contributed by atoms with E-state index in [-0.39, 0.29) is 30.4 Å². The molecule has 33 heavy (non-hydrogen) atoms. The Morgan fingerprint density at radius 2 is 1.91 bits per heavy atom. The Bertz CT molecular complexity index is 831. The fourth-order valence-corrected chi connectivity index (χ4v) is 6.01. The van der Waals surface area contributed by atoms with E-state index in [2.05, 4.69) is 29.6 Å². The van der Waals surface area contributed by atoms with Crippen LogP contribution in [-0.2, 0) is 24.9 Å². The number of likely N-dealkylation sites (tertiary alicyclic amines) is 1. The number of nitrogens with one attached hydrogen (secondary N) is 1. The molecule has 1 heterocycles. The zero-order valence-corrected chi connectivity index (χ0v) is 20.6. The molecule has 0 spiro atoms. The van der Waals surface area contributed by atoms with Gasteiger partial charge in [-0.1, -0.05) is 42.7 Å². The Labute approximate surface area is 200 Å². The number of rotatable bonds is 10. The molecule has 0 radical (unpaired) electrons. The predicted molar refractivity (Wildman–Crippen MR) is 129 cm³/mol. The van der Waals surface area contributed by atoms with Gasteiger partial charge in [-0.25, -0.2) is 4.79 Å². The van der Waals surface area contributed by atoms with Crippen LogP contribution < -0.4 is 5.32 Å². The van der Waals surface area contributed by atoms with E-state index in [1.165, 1.54) is 11.1 Å². The van der Waals surface area contributed by atoms with Crippen LogP contribution in [-0.4, -0.2) is 64.4 Å². The van der Waals surface area contributed by atoms with E-state index in [0.717, 1.165) is 31.4 Å². The maximum atomic E-state index is 13.4. The van der Waals surface area contributed by atoms with Gasteiger partial charge in [0.15, 0.2) is 0 Å². The lowest BCUT2D eigenvalue weighted by atomic mass is 9.84. The minimum atomic E-state index is -0.944. The first-order valence-electron chi connectivity index (χ1n) is 11.9. The summed E-state index contributed by atoms with van der Waals surface area (Å²) in [5.41, 5.74) is 2.37. The largest absolute Gasteiger partial charge is 0.480 e. The summed E-state index contributed by atoms with van der Waals surface area (Å²) in [6, 6.07) is 6.13.